The van der Waals surface area contributed by atoms with E-state index in [2.05, 4.69) is 9.80 Å². The zero-order valence-corrected chi connectivity index (χ0v) is 14.5. The third-order valence-corrected chi connectivity index (χ3v) is 3.96. The van der Waals surface area contributed by atoms with Gasteiger partial charge in [0.15, 0.2) is 0 Å². The number of nitrogens with zero attached hydrogens (tertiary/aromatic N) is 2. The SMILES string of the molecule is CC(C)(C)OCC(O)CN1CCN(Cc2ccc(F)cc2)CC1. The molecule has 1 aliphatic heterocycles. The summed E-state index contributed by atoms with van der Waals surface area (Å²) in [5, 5.41) is 10.1. The molecule has 1 aromatic carbocycles. The Labute approximate surface area is 138 Å². The third kappa shape index (κ3) is 6.96. The summed E-state index contributed by atoms with van der Waals surface area (Å²) in [6, 6.07) is 6.71. The normalized spacial score (nSPS) is 19.0. The number of ether oxygens (including phenoxy) is 1. The summed E-state index contributed by atoms with van der Waals surface area (Å²) in [4.78, 5) is 4.64. The maximum Gasteiger partial charge on any atom is 0.123 e. The molecule has 1 fully saturated rings. The molecule has 0 amide bonds. The van der Waals surface area contributed by atoms with Crippen molar-refractivity contribution in [3.8, 4) is 0 Å². The Balaban J connectivity index is 1.68. The number of piperazine rings is 1. The van der Waals surface area contributed by atoms with Crippen molar-refractivity contribution in [3.63, 3.8) is 0 Å². The lowest BCUT2D eigenvalue weighted by Crippen LogP contribution is -2.48. The first-order valence-corrected chi connectivity index (χ1v) is 8.33. The number of rotatable bonds is 6. The minimum atomic E-state index is -0.446. The number of aliphatic hydroxyl groups excluding tert-OH is 1. The van der Waals surface area contributed by atoms with Crippen LogP contribution < -0.4 is 0 Å². The van der Waals surface area contributed by atoms with Crippen LogP contribution in [0.5, 0.6) is 0 Å². The zero-order chi connectivity index (χ0) is 16.9. The van der Waals surface area contributed by atoms with Crippen LogP contribution in [0.15, 0.2) is 24.3 Å². The summed E-state index contributed by atoms with van der Waals surface area (Å²) in [6.45, 7) is 11.7. The fourth-order valence-corrected chi connectivity index (χ4v) is 2.67. The van der Waals surface area contributed by atoms with E-state index in [4.69, 9.17) is 4.74 Å². The van der Waals surface area contributed by atoms with Crippen molar-refractivity contribution in [2.45, 2.75) is 39.0 Å². The molecule has 0 aliphatic carbocycles. The van der Waals surface area contributed by atoms with Crippen LogP contribution in [-0.2, 0) is 11.3 Å². The van der Waals surface area contributed by atoms with E-state index < -0.39 is 6.10 Å². The molecule has 0 bridgehead atoms. The van der Waals surface area contributed by atoms with Gasteiger partial charge < -0.3 is 9.84 Å². The Kier molecular flexibility index (Phi) is 6.53. The van der Waals surface area contributed by atoms with Crippen molar-refractivity contribution in [2.24, 2.45) is 0 Å². The van der Waals surface area contributed by atoms with Crippen molar-refractivity contribution < 1.29 is 14.2 Å². The van der Waals surface area contributed by atoms with Crippen molar-refractivity contribution in [1.29, 1.82) is 0 Å². The van der Waals surface area contributed by atoms with Crippen LogP contribution in [0.1, 0.15) is 26.3 Å². The van der Waals surface area contributed by atoms with Gasteiger partial charge >= 0.3 is 0 Å². The van der Waals surface area contributed by atoms with Gasteiger partial charge in [0.1, 0.15) is 5.82 Å². The van der Waals surface area contributed by atoms with Crippen molar-refractivity contribution in [2.75, 3.05) is 39.3 Å². The van der Waals surface area contributed by atoms with E-state index in [0.29, 0.717) is 13.2 Å². The predicted octanol–water partition coefficient (Wildman–Crippen LogP) is 2.12. The quantitative estimate of drug-likeness (QED) is 0.869. The second kappa shape index (κ2) is 8.20. The Morgan fingerprint density at radius 3 is 2.22 bits per heavy atom. The van der Waals surface area contributed by atoms with Gasteiger partial charge in [0.25, 0.3) is 0 Å². The monoisotopic (exact) mass is 324 g/mol. The number of β-amino-alcohol motifs (C(OH)–C–C–N with tert-alkyl or cyclic N) is 1. The summed E-state index contributed by atoms with van der Waals surface area (Å²) < 4.78 is 18.5. The van der Waals surface area contributed by atoms with Gasteiger partial charge in [0.05, 0.1) is 18.3 Å². The molecule has 1 unspecified atom stereocenters. The molecule has 1 N–H and O–H groups in total. The number of hydrogen-bond donors (Lipinski definition) is 1. The fraction of sp³-hybridized carbons (Fsp3) is 0.667. The zero-order valence-electron chi connectivity index (χ0n) is 14.5. The summed E-state index contributed by atoms with van der Waals surface area (Å²) in [5.41, 5.74) is 0.924. The van der Waals surface area contributed by atoms with E-state index in [9.17, 15) is 9.50 Å². The van der Waals surface area contributed by atoms with Gasteiger partial charge in [-0.15, -0.1) is 0 Å². The molecule has 5 heteroatoms. The first-order chi connectivity index (χ1) is 10.8. The maximum absolute atomic E-state index is 12.9. The highest BCUT2D eigenvalue weighted by molar-refractivity contribution is 5.15. The second-order valence-corrected chi connectivity index (χ2v) is 7.28. The Morgan fingerprint density at radius 1 is 1.09 bits per heavy atom. The number of hydrogen-bond acceptors (Lipinski definition) is 4. The van der Waals surface area contributed by atoms with Crippen LogP contribution in [0.3, 0.4) is 0 Å². The van der Waals surface area contributed by atoms with Crippen LogP contribution in [0.25, 0.3) is 0 Å². The van der Waals surface area contributed by atoms with E-state index in [-0.39, 0.29) is 11.4 Å². The lowest BCUT2D eigenvalue weighted by molar-refractivity contribution is -0.0587. The first kappa shape index (κ1) is 18.3. The molecule has 1 heterocycles. The van der Waals surface area contributed by atoms with Gasteiger partial charge in [0, 0.05) is 39.3 Å². The second-order valence-electron chi connectivity index (χ2n) is 7.28. The molecule has 1 aromatic rings. The summed E-state index contributed by atoms with van der Waals surface area (Å²) in [5.74, 6) is -0.190. The van der Waals surface area contributed by atoms with Crippen molar-refractivity contribution in [1.82, 2.24) is 9.80 Å². The summed E-state index contributed by atoms with van der Waals surface area (Å²) >= 11 is 0. The summed E-state index contributed by atoms with van der Waals surface area (Å²) in [7, 11) is 0. The third-order valence-electron chi connectivity index (χ3n) is 3.96. The van der Waals surface area contributed by atoms with Crippen LogP contribution in [-0.4, -0.2) is 65.9 Å². The van der Waals surface area contributed by atoms with E-state index in [0.717, 1.165) is 38.3 Å². The van der Waals surface area contributed by atoms with Gasteiger partial charge in [-0.25, -0.2) is 4.39 Å². The molecule has 2 rings (SSSR count). The maximum atomic E-state index is 12.9. The van der Waals surface area contributed by atoms with E-state index >= 15 is 0 Å². The van der Waals surface area contributed by atoms with Crippen LogP contribution >= 0.6 is 0 Å². The average molecular weight is 324 g/mol. The van der Waals surface area contributed by atoms with E-state index in [1.165, 1.54) is 12.1 Å². The van der Waals surface area contributed by atoms with Crippen LogP contribution in [0.4, 0.5) is 4.39 Å². The van der Waals surface area contributed by atoms with E-state index in [1.807, 2.05) is 32.9 Å². The molecule has 1 aliphatic rings. The molecule has 23 heavy (non-hydrogen) atoms. The molecule has 0 radical (unpaired) electrons. The Bertz CT molecular complexity index is 465. The lowest BCUT2D eigenvalue weighted by atomic mass is 10.2. The van der Waals surface area contributed by atoms with Gasteiger partial charge in [-0.05, 0) is 38.5 Å². The molecule has 130 valence electrons. The van der Waals surface area contributed by atoms with Crippen LogP contribution in [0, 0.1) is 5.82 Å². The minimum absolute atomic E-state index is 0.190. The Morgan fingerprint density at radius 2 is 1.65 bits per heavy atom. The van der Waals surface area contributed by atoms with Crippen molar-refractivity contribution >= 4 is 0 Å². The fourth-order valence-electron chi connectivity index (χ4n) is 2.67. The highest BCUT2D eigenvalue weighted by Crippen LogP contribution is 2.11. The molecule has 0 saturated carbocycles. The number of benzene rings is 1. The van der Waals surface area contributed by atoms with Gasteiger partial charge in [-0.1, -0.05) is 12.1 Å². The Hall–Kier alpha value is -1.01. The highest BCUT2D eigenvalue weighted by atomic mass is 19.1. The standard InChI is InChI=1S/C18H29FN2O2/c1-18(2,3)23-14-17(22)13-21-10-8-20(9-11-21)12-15-4-6-16(19)7-5-15/h4-7,17,22H,8-14H2,1-3H3. The molecule has 0 aromatic heterocycles. The predicted molar refractivity (Wildman–Crippen MR) is 89.8 cm³/mol. The first-order valence-electron chi connectivity index (χ1n) is 8.33. The lowest BCUT2D eigenvalue weighted by Gasteiger charge is -2.36. The molecule has 1 atom stereocenters. The number of aliphatic hydroxyl groups is 1. The van der Waals surface area contributed by atoms with Crippen molar-refractivity contribution in [3.05, 3.63) is 35.6 Å². The largest absolute Gasteiger partial charge is 0.389 e. The summed E-state index contributed by atoms with van der Waals surface area (Å²) in [6.07, 6.45) is -0.446. The van der Waals surface area contributed by atoms with Gasteiger partial charge in [-0.2, -0.15) is 0 Å². The highest BCUT2D eigenvalue weighted by Gasteiger charge is 2.20. The van der Waals surface area contributed by atoms with Gasteiger partial charge in [-0.3, -0.25) is 9.80 Å². The molecular formula is C18H29FN2O2. The van der Waals surface area contributed by atoms with E-state index in [1.54, 1.807) is 0 Å². The molecule has 0 spiro atoms. The van der Waals surface area contributed by atoms with Gasteiger partial charge in [0.2, 0.25) is 0 Å². The molecule has 4 nitrogen and oxygen atoms in total. The minimum Gasteiger partial charge on any atom is -0.389 e. The number of halogens is 1. The average Bonchev–Trinajstić information content (AvgIpc) is 2.49. The smallest absolute Gasteiger partial charge is 0.123 e. The topological polar surface area (TPSA) is 35.9 Å². The van der Waals surface area contributed by atoms with Crippen LogP contribution in [0.2, 0.25) is 0 Å². The molecule has 1 saturated heterocycles. The molecular weight excluding hydrogens is 295 g/mol.